The number of methoxy groups -OCH3 is 1. The van der Waals surface area contributed by atoms with Gasteiger partial charge in [-0.05, 0) is 24.3 Å². The van der Waals surface area contributed by atoms with Gasteiger partial charge in [0, 0.05) is 5.69 Å². The Morgan fingerprint density at radius 2 is 1.65 bits per heavy atom. The van der Waals surface area contributed by atoms with E-state index in [1.54, 1.807) is 0 Å². The number of benzene rings is 1. The zero-order chi connectivity index (χ0) is 20.1. The molecule has 0 aliphatic rings. The number of nitrogens with one attached hydrogen (secondary N) is 1. The van der Waals surface area contributed by atoms with E-state index < -0.39 is 35.9 Å². The second-order valence-corrected chi connectivity index (χ2v) is 4.56. The Hall–Kier alpha value is -3.10. The zero-order valence-electron chi connectivity index (χ0n) is 12.8. The fraction of sp³-hybridized carbons (Fsp3) is 0.286. The van der Waals surface area contributed by atoms with E-state index in [1.807, 2.05) is 5.32 Å². The second-order valence-electron chi connectivity index (χ2n) is 4.56. The lowest BCUT2D eigenvalue weighted by Gasteiger charge is -2.23. The quantitative estimate of drug-likeness (QED) is 0.351. The monoisotopic (exact) mass is 384 g/mol. The minimum Gasteiger partial charge on any atom is -0.497 e. The Kier molecular flexibility index (Phi) is 6.33. The van der Waals surface area contributed by atoms with E-state index in [9.17, 15) is 36.2 Å². The van der Waals surface area contributed by atoms with Crippen LogP contribution in [-0.2, 0) is 9.53 Å². The van der Waals surface area contributed by atoms with Crippen LogP contribution in [0.4, 0.5) is 32.0 Å². The van der Waals surface area contributed by atoms with E-state index in [0.29, 0.717) is 5.75 Å². The van der Waals surface area contributed by atoms with Crippen LogP contribution in [0.15, 0.2) is 35.8 Å². The number of aliphatic hydroxyl groups is 1. The molecule has 0 unspecified atom stereocenters. The van der Waals surface area contributed by atoms with Gasteiger partial charge >= 0.3 is 18.3 Å². The van der Waals surface area contributed by atoms with E-state index in [2.05, 4.69) is 4.74 Å². The molecule has 0 radical (unpaired) electrons. The summed E-state index contributed by atoms with van der Waals surface area (Å²) in [4.78, 5) is 11.8. The van der Waals surface area contributed by atoms with E-state index >= 15 is 0 Å². The fourth-order valence-electron chi connectivity index (χ4n) is 1.55. The maximum Gasteiger partial charge on any atom is 0.434 e. The van der Waals surface area contributed by atoms with Crippen molar-refractivity contribution >= 4 is 11.6 Å². The highest BCUT2D eigenvalue weighted by Gasteiger charge is 2.59. The molecular weight excluding hydrogens is 374 g/mol. The molecular formula is C14H10F6N2O4. The lowest BCUT2D eigenvalue weighted by Crippen LogP contribution is -2.44. The van der Waals surface area contributed by atoms with Gasteiger partial charge in [0.2, 0.25) is 0 Å². The minimum atomic E-state index is -5.93. The molecule has 0 saturated carbocycles. The molecule has 0 bridgehead atoms. The highest BCUT2D eigenvalue weighted by atomic mass is 19.4. The van der Waals surface area contributed by atoms with Crippen molar-refractivity contribution in [3.63, 3.8) is 0 Å². The summed E-state index contributed by atoms with van der Waals surface area (Å²) in [7, 11) is 1.36. The zero-order valence-corrected chi connectivity index (χ0v) is 12.8. The number of ether oxygens (including phenoxy) is 2. The average molecular weight is 384 g/mol. The van der Waals surface area contributed by atoms with Gasteiger partial charge in [-0.1, -0.05) is 0 Å². The van der Waals surface area contributed by atoms with Crippen LogP contribution < -0.4 is 10.1 Å². The molecule has 0 fully saturated rings. The Balaban J connectivity index is 3.05. The van der Waals surface area contributed by atoms with Crippen LogP contribution in [0.5, 0.6) is 5.75 Å². The maximum atomic E-state index is 12.4. The summed E-state index contributed by atoms with van der Waals surface area (Å²) in [5.41, 5.74) is -1.45. The van der Waals surface area contributed by atoms with Gasteiger partial charge in [0.25, 0.3) is 12.0 Å². The first-order chi connectivity index (χ1) is 11.9. The Morgan fingerprint density at radius 1 is 1.15 bits per heavy atom. The van der Waals surface area contributed by atoms with Gasteiger partial charge in [-0.25, -0.2) is 0 Å². The van der Waals surface area contributed by atoms with Gasteiger partial charge in [0.15, 0.2) is 5.57 Å². The number of aliphatic hydroxyl groups excluding tert-OH is 1. The number of carbonyl (C=O) groups excluding carboxylic acids is 1. The summed E-state index contributed by atoms with van der Waals surface area (Å²) in [6.07, 6.45) is -16.3. The third kappa shape index (κ3) is 5.47. The smallest absolute Gasteiger partial charge is 0.434 e. The Morgan fingerprint density at radius 3 is 2.04 bits per heavy atom. The highest BCUT2D eigenvalue weighted by molar-refractivity contribution is 6.06. The topological polar surface area (TPSA) is 91.6 Å². The number of anilines is 1. The van der Waals surface area contributed by atoms with Gasteiger partial charge < -0.3 is 19.9 Å². The van der Waals surface area contributed by atoms with Gasteiger partial charge in [-0.15, -0.1) is 0 Å². The first-order valence-corrected chi connectivity index (χ1v) is 6.49. The van der Waals surface area contributed by atoms with Crippen molar-refractivity contribution < 1.29 is 45.7 Å². The largest absolute Gasteiger partial charge is 0.497 e. The molecule has 1 amide bonds. The predicted molar refractivity (Wildman–Crippen MR) is 73.9 cm³/mol. The second kappa shape index (κ2) is 7.85. The maximum absolute atomic E-state index is 12.4. The minimum absolute atomic E-state index is 0.0274. The van der Waals surface area contributed by atoms with E-state index in [1.165, 1.54) is 31.4 Å². The Labute approximate surface area is 142 Å². The number of amides is 1. The molecule has 0 saturated heterocycles. The molecule has 0 aliphatic heterocycles. The summed E-state index contributed by atoms with van der Waals surface area (Å²) in [6, 6.07) is 6.30. The van der Waals surface area contributed by atoms with Crippen LogP contribution in [-0.4, -0.2) is 36.6 Å². The molecule has 2 N–H and O–H groups in total. The van der Waals surface area contributed by atoms with Crippen molar-refractivity contribution in [3.8, 4) is 11.8 Å². The molecule has 0 heterocycles. The molecule has 142 valence electrons. The van der Waals surface area contributed by atoms with Crippen molar-refractivity contribution in [3.05, 3.63) is 35.8 Å². The highest BCUT2D eigenvalue weighted by Crippen LogP contribution is 2.37. The van der Waals surface area contributed by atoms with Gasteiger partial charge in [-0.2, -0.15) is 31.6 Å². The average Bonchev–Trinajstić information content (AvgIpc) is 2.52. The van der Waals surface area contributed by atoms with Crippen LogP contribution in [0.2, 0.25) is 0 Å². The predicted octanol–water partition coefficient (Wildman–Crippen LogP) is 3.44. The number of rotatable bonds is 5. The lowest BCUT2D eigenvalue weighted by atomic mass is 10.2. The number of carbonyl (C=O) groups is 1. The molecule has 26 heavy (non-hydrogen) atoms. The summed E-state index contributed by atoms with van der Waals surface area (Å²) in [5.74, 6) is -3.19. The molecule has 0 atom stereocenters. The first kappa shape index (κ1) is 20.9. The summed E-state index contributed by atoms with van der Waals surface area (Å²) in [6.45, 7) is 0. The van der Waals surface area contributed by atoms with Gasteiger partial charge in [0.1, 0.15) is 11.8 Å². The number of nitrogens with zero attached hydrogens (tertiary/aromatic N) is 1. The van der Waals surface area contributed by atoms with Gasteiger partial charge in [-0.3, -0.25) is 4.79 Å². The number of halogens is 6. The molecule has 1 rings (SSSR count). The number of alkyl halides is 6. The Bertz CT molecular complexity index is 705. The molecule has 0 aromatic heterocycles. The van der Waals surface area contributed by atoms with Crippen molar-refractivity contribution in [1.82, 2.24) is 0 Å². The van der Waals surface area contributed by atoms with Crippen LogP contribution in [0.25, 0.3) is 0 Å². The number of nitriles is 1. The van der Waals surface area contributed by atoms with Crippen LogP contribution in [0.1, 0.15) is 0 Å². The summed E-state index contributed by atoms with van der Waals surface area (Å²) in [5, 5.41) is 20.0. The molecule has 0 aliphatic carbocycles. The van der Waals surface area contributed by atoms with Crippen molar-refractivity contribution in [1.29, 1.82) is 5.26 Å². The normalized spacial score (nSPS) is 12.9. The SMILES string of the molecule is COc1ccc(NC(=O)/C(C#N)=C(\O)OC(C(F)(F)F)C(F)(F)F)cc1. The molecule has 1 aromatic rings. The number of hydrogen-bond acceptors (Lipinski definition) is 5. The molecule has 6 nitrogen and oxygen atoms in total. The van der Waals surface area contributed by atoms with Crippen molar-refractivity contribution in [2.45, 2.75) is 18.5 Å². The number of hydrogen-bond donors (Lipinski definition) is 2. The third-order valence-electron chi connectivity index (χ3n) is 2.72. The van der Waals surface area contributed by atoms with E-state index in [0.717, 1.165) is 6.07 Å². The molecule has 0 spiro atoms. The standard InChI is InChI=1S/C14H10F6N2O4/c1-25-8-4-2-7(3-5-8)22-10(23)9(6-21)11(24)26-12(13(15,16)17)14(18,19)20/h2-5,12,24H,1H3,(H,22,23)/b11-9+. The van der Waals surface area contributed by atoms with E-state index in [4.69, 9.17) is 10.00 Å². The fourth-order valence-corrected chi connectivity index (χ4v) is 1.55. The van der Waals surface area contributed by atoms with Gasteiger partial charge in [0.05, 0.1) is 7.11 Å². The van der Waals surface area contributed by atoms with Crippen LogP contribution in [0.3, 0.4) is 0 Å². The first-order valence-electron chi connectivity index (χ1n) is 6.49. The summed E-state index contributed by atoms with van der Waals surface area (Å²) < 4.78 is 82.6. The van der Waals surface area contributed by atoms with Crippen LogP contribution >= 0.6 is 0 Å². The van der Waals surface area contributed by atoms with Crippen molar-refractivity contribution in [2.75, 3.05) is 12.4 Å². The van der Waals surface area contributed by atoms with Crippen molar-refractivity contribution in [2.24, 2.45) is 0 Å². The lowest BCUT2D eigenvalue weighted by molar-refractivity contribution is -0.319. The van der Waals surface area contributed by atoms with Crippen LogP contribution in [0, 0.1) is 11.3 Å². The third-order valence-corrected chi connectivity index (χ3v) is 2.72. The molecule has 12 heteroatoms. The molecule has 1 aromatic carbocycles. The van der Waals surface area contributed by atoms with E-state index in [-0.39, 0.29) is 5.69 Å². The summed E-state index contributed by atoms with van der Waals surface area (Å²) >= 11 is 0.